The fraction of sp³-hybridized carbons (Fsp3) is 0.308. The Balaban J connectivity index is 1.33. The van der Waals surface area contributed by atoms with Crippen molar-refractivity contribution in [3.05, 3.63) is 83.2 Å². The Kier molecular flexibility index (Phi) is 6.99. The lowest BCUT2D eigenvalue weighted by molar-refractivity contribution is 0.0325. The molecule has 3 heterocycles. The summed E-state index contributed by atoms with van der Waals surface area (Å²) in [5.74, 6) is -0.752. The highest BCUT2D eigenvalue weighted by molar-refractivity contribution is 7.15. The number of ether oxygens (including phenoxy) is 1. The van der Waals surface area contributed by atoms with Crippen LogP contribution in [-0.2, 0) is 11.2 Å². The Labute approximate surface area is 202 Å². The van der Waals surface area contributed by atoms with Gasteiger partial charge in [0, 0.05) is 62.0 Å². The van der Waals surface area contributed by atoms with Crippen LogP contribution in [-0.4, -0.2) is 71.0 Å². The molecule has 0 unspecified atom stereocenters. The van der Waals surface area contributed by atoms with Crippen LogP contribution >= 0.6 is 11.3 Å². The van der Waals surface area contributed by atoms with E-state index in [9.17, 15) is 9.18 Å². The number of carbonyl (C=O) groups excluding carboxylic acids is 1. The zero-order valence-electron chi connectivity index (χ0n) is 18.9. The molecule has 0 spiro atoms. The van der Waals surface area contributed by atoms with Gasteiger partial charge in [-0.25, -0.2) is 9.37 Å². The number of nitrogens with zero attached hydrogens (tertiary/aromatic N) is 4. The third-order valence-corrected chi connectivity index (χ3v) is 7.06. The topological polar surface area (TPSA) is 50.1 Å². The summed E-state index contributed by atoms with van der Waals surface area (Å²) in [7, 11) is 0. The third-order valence-electron chi connectivity index (χ3n) is 6.17. The van der Waals surface area contributed by atoms with Crippen LogP contribution in [0.5, 0.6) is 0 Å². The number of carbonyl (C=O) groups is 1. The molecule has 34 heavy (non-hydrogen) atoms. The van der Waals surface area contributed by atoms with Gasteiger partial charge in [0.1, 0.15) is 5.82 Å². The monoisotopic (exact) mass is 478 g/mol. The number of thiazole rings is 1. The number of amides is 1. The van der Waals surface area contributed by atoms with Crippen molar-refractivity contribution in [3.63, 3.8) is 0 Å². The number of hydrogen-bond acceptors (Lipinski definition) is 5. The standard InChI is InChI=1S/C26H27FN4O2S/c27-23-9-5-4-8-22(23)25(32)30(13-12-29-14-16-33-17-15-29)11-10-21-19-34-26-28-24(18-31(21)26)20-6-2-1-3-7-20/h1-9,18-19H,10-17H2. The van der Waals surface area contributed by atoms with Crippen LogP contribution < -0.4 is 0 Å². The first kappa shape index (κ1) is 22.7. The number of hydrogen-bond donors (Lipinski definition) is 0. The summed E-state index contributed by atoms with van der Waals surface area (Å²) in [4.78, 5) is 23.0. The van der Waals surface area contributed by atoms with Crippen molar-refractivity contribution in [2.45, 2.75) is 6.42 Å². The molecule has 176 valence electrons. The van der Waals surface area contributed by atoms with Gasteiger partial charge < -0.3 is 9.64 Å². The van der Waals surface area contributed by atoms with Gasteiger partial charge in [-0.15, -0.1) is 11.3 Å². The maximum Gasteiger partial charge on any atom is 0.256 e. The highest BCUT2D eigenvalue weighted by Crippen LogP contribution is 2.24. The van der Waals surface area contributed by atoms with Crippen molar-refractivity contribution in [1.29, 1.82) is 0 Å². The fourth-order valence-corrected chi connectivity index (χ4v) is 5.12. The molecule has 0 saturated carbocycles. The summed E-state index contributed by atoms with van der Waals surface area (Å²) in [5.41, 5.74) is 3.22. The molecule has 0 aliphatic carbocycles. The van der Waals surface area contributed by atoms with E-state index in [1.165, 1.54) is 6.07 Å². The highest BCUT2D eigenvalue weighted by atomic mass is 32.1. The molecule has 0 bridgehead atoms. The largest absolute Gasteiger partial charge is 0.379 e. The maximum absolute atomic E-state index is 14.4. The summed E-state index contributed by atoms with van der Waals surface area (Å²) in [6.45, 7) is 4.90. The summed E-state index contributed by atoms with van der Waals surface area (Å²) >= 11 is 1.59. The molecule has 5 rings (SSSR count). The molecule has 0 radical (unpaired) electrons. The quantitative estimate of drug-likeness (QED) is 0.381. The van der Waals surface area contributed by atoms with Crippen molar-refractivity contribution < 1.29 is 13.9 Å². The molecule has 1 aliphatic rings. The predicted molar refractivity (Wildman–Crippen MR) is 132 cm³/mol. The smallest absolute Gasteiger partial charge is 0.256 e. The first-order chi connectivity index (χ1) is 16.7. The maximum atomic E-state index is 14.4. The lowest BCUT2D eigenvalue weighted by Gasteiger charge is -2.30. The van der Waals surface area contributed by atoms with E-state index in [0.717, 1.165) is 41.5 Å². The number of imidazole rings is 1. The SMILES string of the molecule is O=C(c1ccccc1F)N(CCc1csc2nc(-c3ccccc3)cn12)CCN1CCOCC1. The summed E-state index contributed by atoms with van der Waals surface area (Å²) in [6, 6.07) is 16.3. The minimum absolute atomic E-state index is 0.119. The van der Waals surface area contributed by atoms with Gasteiger partial charge in [-0.3, -0.25) is 14.1 Å². The van der Waals surface area contributed by atoms with E-state index in [2.05, 4.69) is 14.7 Å². The van der Waals surface area contributed by atoms with Gasteiger partial charge >= 0.3 is 0 Å². The molecule has 6 nitrogen and oxygen atoms in total. The minimum atomic E-state index is -0.482. The normalized spacial score (nSPS) is 14.5. The average molecular weight is 479 g/mol. The van der Waals surface area contributed by atoms with Crippen LogP contribution in [0.4, 0.5) is 4.39 Å². The van der Waals surface area contributed by atoms with Gasteiger partial charge in [0.15, 0.2) is 4.96 Å². The Morgan fingerprint density at radius 1 is 1.06 bits per heavy atom. The molecule has 0 N–H and O–H groups in total. The van der Waals surface area contributed by atoms with Crippen LogP contribution in [0.15, 0.2) is 66.2 Å². The van der Waals surface area contributed by atoms with Gasteiger partial charge in [0.25, 0.3) is 5.91 Å². The van der Waals surface area contributed by atoms with Crippen LogP contribution in [0.3, 0.4) is 0 Å². The number of halogens is 1. The fourth-order valence-electron chi connectivity index (χ4n) is 4.21. The Hall–Kier alpha value is -3.07. The molecule has 4 aromatic rings. The molecule has 1 aliphatic heterocycles. The Morgan fingerprint density at radius 3 is 2.62 bits per heavy atom. The second-order valence-corrected chi connectivity index (χ2v) is 9.18. The van der Waals surface area contributed by atoms with E-state index >= 15 is 0 Å². The lowest BCUT2D eigenvalue weighted by atomic mass is 10.1. The van der Waals surface area contributed by atoms with Gasteiger partial charge in [0.05, 0.1) is 24.5 Å². The molecule has 2 aromatic carbocycles. The average Bonchev–Trinajstić information content (AvgIpc) is 3.47. The molecule has 1 saturated heterocycles. The lowest BCUT2D eigenvalue weighted by Crippen LogP contribution is -2.43. The van der Waals surface area contributed by atoms with E-state index in [1.54, 1.807) is 34.4 Å². The van der Waals surface area contributed by atoms with Crippen molar-refractivity contribution in [2.24, 2.45) is 0 Å². The van der Waals surface area contributed by atoms with Crippen molar-refractivity contribution in [1.82, 2.24) is 19.2 Å². The molecule has 2 aromatic heterocycles. The molecular weight excluding hydrogens is 451 g/mol. The van der Waals surface area contributed by atoms with Crippen LogP contribution in [0.25, 0.3) is 16.2 Å². The first-order valence-electron chi connectivity index (χ1n) is 11.5. The van der Waals surface area contributed by atoms with Crippen LogP contribution in [0, 0.1) is 5.82 Å². The van der Waals surface area contributed by atoms with Crippen molar-refractivity contribution >= 4 is 22.2 Å². The Morgan fingerprint density at radius 2 is 1.82 bits per heavy atom. The molecule has 1 amide bonds. The second-order valence-electron chi connectivity index (χ2n) is 8.35. The number of morpholine rings is 1. The van der Waals surface area contributed by atoms with Gasteiger partial charge in [-0.05, 0) is 12.1 Å². The summed E-state index contributed by atoms with van der Waals surface area (Å²) in [5, 5.41) is 2.09. The van der Waals surface area contributed by atoms with Gasteiger partial charge in [-0.1, -0.05) is 42.5 Å². The third kappa shape index (κ3) is 5.04. The van der Waals surface area contributed by atoms with Crippen LogP contribution in [0.2, 0.25) is 0 Å². The molecule has 1 fully saturated rings. The summed E-state index contributed by atoms with van der Waals surface area (Å²) in [6.07, 6.45) is 2.71. The number of rotatable bonds is 8. The number of aromatic nitrogens is 2. The van der Waals surface area contributed by atoms with Crippen molar-refractivity contribution in [3.8, 4) is 11.3 Å². The number of fused-ring (bicyclic) bond motifs is 1. The molecule has 8 heteroatoms. The van der Waals surface area contributed by atoms with Crippen LogP contribution in [0.1, 0.15) is 16.1 Å². The zero-order valence-corrected chi connectivity index (χ0v) is 19.7. The zero-order chi connectivity index (χ0) is 23.3. The van der Waals surface area contributed by atoms with E-state index < -0.39 is 5.82 Å². The predicted octanol–water partition coefficient (Wildman–Crippen LogP) is 4.22. The van der Waals surface area contributed by atoms with E-state index in [-0.39, 0.29) is 11.5 Å². The Bertz CT molecular complexity index is 1250. The number of benzene rings is 2. The summed E-state index contributed by atoms with van der Waals surface area (Å²) < 4.78 is 21.9. The first-order valence-corrected chi connectivity index (χ1v) is 12.4. The molecular formula is C26H27FN4O2S. The van der Waals surface area contributed by atoms with E-state index in [4.69, 9.17) is 9.72 Å². The van der Waals surface area contributed by atoms with E-state index in [0.29, 0.717) is 32.7 Å². The van der Waals surface area contributed by atoms with Crippen molar-refractivity contribution in [2.75, 3.05) is 45.9 Å². The van der Waals surface area contributed by atoms with Gasteiger partial charge in [-0.2, -0.15) is 0 Å². The van der Waals surface area contributed by atoms with E-state index in [1.807, 2.05) is 36.5 Å². The highest BCUT2D eigenvalue weighted by Gasteiger charge is 2.21. The molecule has 0 atom stereocenters. The minimum Gasteiger partial charge on any atom is -0.379 e. The van der Waals surface area contributed by atoms with Gasteiger partial charge in [0.2, 0.25) is 0 Å². The second kappa shape index (κ2) is 10.5.